The highest BCUT2D eigenvalue weighted by Gasteiger charge is 2.22. The van der Waals surface area contributed by atoms with Crippen molar-refractivity contribution in [1.29, 1.82) is 5.26 Å². The topological polar surface area (TPSA) is 90.0 Å². The lowest BCUT2D eigenvalue weighted by Crippen LogP contribution is -2.18. The van der Waals surface area contributed by atoms with Gasteiger partial charge in [-0.3, -0.25) is 9.36 Å². The van der Waals surface area contributed by atoms with Crippen LogP contribution in [0.5, 0.6) is 0 Å². The third-order valence-corrected chi connectivity index (χ3v) is 4.98. The highest BCUT2D eigenvalue weighted by Crippen LogP contribution is 2.26. The Morgan fingerprint density at radius 2 is 2.26 bits per heavy atom. The number of aromatic nitrogens is 3. The van der Waals surface area contributed by atoms with Crippen LogP contribution in [0.1, 0.15) is 19.8 Å². The largest absolute Gasteiger partial charge is 0.447 e. The Morgan fingerprint density at radius 3 is 2.93 bits per heavy atom. The lowest BCUT2D eigenvalue weighted by atomic mass is 10.2. The van der Waals surface area contributed by atoms with Crippen LogP contribution in [0, 0.1) is 17.1 Å². The average molecular weight is 390 g/mol. The molecule has 0 aliphatic carbocycles. The number of nitrogens with zero attached hydrogens (tertiary/aromatic N) is 4. The van der Waals surface area contributed by atoms with E-state index >= 15 is 0 Å². The fourth-order valence-electron chi connectivity index (χ4n) is 2.75. The number of rotatable bonds is 7. The number of halogens is 1. The Hall–Kier alpha value is -2.44. The fraction of sp³-hybridized carbons (Fsp3) is 0.444. The number of esters is 1. The lowest BCUT2D eigenvalue weighted by Gasteiger charge is -2.14. The Kier molecular flexibility index (Phi) is 6.42. The molecule has 0 saturated carbocycles. The van der Waals surface area contributed by atoms with E-state index in [9.17, 15) is 9.18 Å². The maximum atomic E-state index is 13.2. The third kappa shape index (κ3) is 5.05. The third-order valence-electron chi connectivity index (χ3n) is 4.04. The molecule has 3 rings (SSSR count). The van der Waals surface area contributed by atoms with Crippen molar-refractivity contribution in [2.24, 2.45) is 0 Å². The smallest absolute Gasteiger partial charge is 0.317 e. The van der Waals surface area contributed by atoms with Crippen molar-refractivity contribution in [3.05, 3.63) is 30.1 Å². The molecule has 0 amide bonds. The molecule has 1 aromatic carbocycles. The summed E-state index contributed by atoms with van der Waals surface area (Å²) in [6.07, 6.45) is 1.19. The number of carbonyl (C=O) groups excluding carboxylic acids is 1. The second-order valence-electron chi connectivity index (χ2n) is 6.11. The fourth-order valence-corrected chi connectivity index (χ4v) is 3.48. The van der Waals surface area contributed by atoms with Gasteiger partial charge in [0.2, 0.25) is 0 Å². The van der Waals surface area contributed by atoms with Crippen LogP contribution in [0.15, 0.2) is 29.4 Å². The summed E-state index contributed by atoms with van der Waals surface area (Å²) < 4.78 is 25.8. The van der Waals surface area contributed by atoms with Gasteiger partial charge in [0, 0.05) is 12.2 Å². The van der Waals surface area contributed by atoms with Gasteiger partial charge in [0.15, 0.2) is 17.1 Å². The van der Waals surface area contributed by atoms with Gasteiger partial charge in [0.25, 0.3) is 0 Å². The summed E-state index contributed by atoms with van der Waals surface area (Å²) in [5, 5.41) is 17.7. The maximum absolute atomic E-state index is 13.2. The van der Waals surface area contributed by atoms with Crippen molar-refractivity contribution < 1.29 is 18.7 Å². The molecule has 142 valence electrons. The number of thioether (sulfide) groups is 1. The molecule has 2 atom stereocenters. The summed E-state index contributed by atoms with van der Waals surface area (Å²) in [5.41, 5.74) is 0.731. The van der Waals surface area contributed by atoms with Crippen molar-refractivity contribution in [3.63, 3.8) is 0 Å². The van der Waals surface area contributed by atoms with Gasteiger partial charge in [-0.25, -0.2) is 4.39 Å². The molecule has 0 radical (unpaired) electrons. The van der Waals surface area contributed by atoms with E-state index in [2.05, 4.69) is 10.2 Å². The van der Waals surface area contributed by atoms with Crippen LogP contribution >= 0.6 is 11.8 Å². The van der Waals surface area contributed by atoms with E-state index in [0.29, 0.717) is 17.5 Å². The van der Waals surface area contributed by atoms with Gasteiger partial charge in [0.1, 0.15) is 11.9 Å². The predicted molar refractivity (Wildman–Crippen MR) is 96.3 cm³/mol. The summed E-state index contributed by atoms with van der Waals surface area (Å²) in [6, 6.07) is 7.87. The first-order valence-corrected chi connectivity index (χ1v) is 9.58. The highest BCUT2D eigenvalue weighted by atomic mass is 32.2. The van der Waals surface area contributed by atoms with Crippen molar-refractivity contribution in [3.8, 4) is 17.5 Å². The Bertz CT molecular complexity index is 828. The quantitative estimate of drug-likeness (QED) is 0.530. The minimum Gasteiger partial charge on any atom is -0.447 e. The van der Waals surface area contributed by atoms with Gasteiger partial charge in [-0.1, -0.05) is 11.8 Å². The first-order chi connectivity index (χ1) is 13.1. The molecular formula is C18H19FN4O3S. The van der Waals surface area contributed by atoms with Crippen LogP contribution in [-0.4, -0.2) is 45.3 Å². The molecule has 7 nitrogen and oxygen atoms in total. The zero-order valence-electron chi connectivity index (χ0n) is 14.8. The number of carbonyl (C=O) groups is 1. The lowest BCUT2D eigenvalue weighted by molar-refractivity contribution is -0.142. The maximum Gasteiger partial charge on any atom is 0.317 e. The van der Waals surface area contributed by atoms with E-state index in [1.54, 1.807) is 12.1 Å². The van der Waals surface area contributed by atoms with Gasteiger partial charge < -0.3 is 9.47 Å². The molecule has 1 fully saturated rings. The number of ether oxygens (including phenoxy) is 2. The van der Waals surface area contributed by atoms with Crippen LogP contribution in [0.4, 0.5) is 4.39 Å². The number of benzene rings is 1. The average Bonchev–Trinajstić information content (AvgIpc) is 3.31. The molecule has 27 heavy (non-hydrogen) atoms. The second-order valence-corrected chi connectivity index (χ2v) is 7.05. The molecule has 0 bridgehead atoms. The molecule has 0 N–H and O–H groups in total. The minimum absolute atomic E-state index is 0.0130. The molecule has 1 aliphatic heterocycles. The summed E-state index contributed by atoms with van der Waals surface area (Å²) in [6.45, 7) is 2.78. The molecule has 1 saturated heterocycles. The molecule has 0 spiro atoms. The Labute approximate surface area is 160 Å². The number of nitriles is 1. The van der Waals surface area contributed by atoms with Crippen LogP contribution in [0.3, 0.4) is 0 Å². The second kappa shape index (κ2) is 8.97. The van der Waals surface area contributed by atoms with E-state index in [1.807, 2.05) is 10.6 Å². The highest BCUT2D eigenvalue weighted by molar-refractivity contribution is 7.99. The van der Waals surface area contributed by atoms with Crippen LogP contribution in [0.25, 0.3) is 11.4 Å². The first kappa shape index (κ1) is 19.3. The number of hydrogen-bond acceptors (Lipinski definition) is 7. The Balaban J connectivity index is 1.79. The van der Waals surface area contributed by atoms with Crippen LogP contribution in [0.2, 0.25) is 0 Å². The molecule has 2 heterocycles. The molecule has 1 aromatic heterocycles. The van der Waals surface area contributed by atoms with E-state index in [4.69, 9.17) is 14.7 Å². The number of hydrogen-bond donors (Lipinski definition) is 0. The molecule has 0 unspecified atom stereocenters. The van der Waals surface area contributed by atoms with E-state index < -0.39 is 12.1 Å². The first-order valence-electron chi connectivity index (χ1n) is 8.59. The van der Waals surface area contributed by atoms with Gasteiger partial charge in [0.05, 0.1) is 18.4 Å². The monoisotopic (exact) mass is 390 g/mol. The predicted octanol–water partition coefficient (Wildman–Crippen LogP) is 2.81. The van der Waals surface area contributed by atoms with Crippen LogP contribution in [-0.2, 0) is 20.8 Å². The summed E-state index contributed by atoms with van der Waals surface area (Å²) in [7, 11) is 0. The van der Waals surface area contributed by atoms with Gasteiger partial charge in [-0.15, -0.1) is 10.2 Å². The van der Waals surface area contributed by atoms with Crippen molar-refractivity contribution in [1.82, 2.24) is 14.8 Å². The molecule has 1 aliphatic rings. The van der Waals surface area contributed by atoms with Gasteiger partial charge in [-0.05, 0) is 44.0 Å². The summed E-state index contributed by atoms with van der Waals surface area (Å²) >= 11 is 1.19. The zero-order chi connectivity index (χ0) is 19.2. The normalized spacial score (nSPS) is 17.4. The Morgan fingerprint density at radius 1 is 1.48 bits per heavy atom. The van der Waals surface area contributed by atoms with E-state index in [0.717, 1.165) is 25.0 Å². The minimum atomic E-state index is -0.794. The van der Waals surface area contributed by atoms with Crippen LogP contribution < -0.4 is 0 Å². The van der Waals surface area contributed by atoms with E-state index in [1.165, 1.54) is 30.8 Å². The van der Waals surface area contributed by atoms with E-state index in [-0.39, 0.29) is 17.7 Å². The summed E-state index contributed by atoms with van der Waals surface area (Å²) in [5.74, 6) is -0.220. The molecular weight excluding hydrogens is 371 g/mol. The summed E-state index contributed by atoms with van der Waals surface area (Å²) in [4.78, 5) is 11.8. The molecule has 9 heteroatoms. The molecule has 2 aromatic rings. The van der Waals surface area contributed by atoms with Crippen molar-refractivity contribution >= 4 is 17.7 Å². The zero-order valence-corrected chi connectivity index (χ0v) is 15.6. The van der Waals surface area contributed by atoms with Gasteiger partial charge >= 0.3 is 5.97 Å². The standard InChI is InChI=1S/C18H19FN4O3S/c1-12(9-20)26-16(24)11-27-18-22-21-17(13-4-6-14(19)7-5-13)23(18)10-15-3-2-8-25-15/h4-7,12,15H,2-3,8,10-11H2,1H3/t12-,15-/m1/s1. The SMILES string of the molecule is C[C@H](C#N)OC(=O)CSc1nnc(-c2ccc(F)cc2)n1C[C@H]1CCCO1. The van der Waals surface area contributed by atoms with Crippen molar-refractivity contribution in [2.75, 3.05) is 12.4 Å². The van der Waals surface area contributed by atoms with Gasteiger partial charge in [-0.2, -0.15) is 5.26 Å². The van der Waals surface area contributed by atoms with Crippen molar-refractivity contribution in [2.45, 2.75) is 43.7 Å².